The summed E-state index contributed by atoms with van der Waals surface area (Å²) in [5.41, 5.74) is 1.04. The number of anilines is 2. The van der Waals surface area contributed by atoms with E-state index in [9.17, 15) is 9.59 Å². The molecule has 5 rings (SSSR count). The van der Waals surface area contributed by atoms with Gasteiger partial charge in [0.2, 0.25) is 11.8 Å². The highest BCUT2D eigenvalue weighted by Gasteiger charge is 2.44. The summed E-state index contributed by atoms with van der Waals surface area (Å²) < 4.78 is 6.19. The van der Waals surface area contributed by atoms with E-state index in [0.29, 0.717) is 42.7 Å². The fourth-order valence-electron chi connectivity index (χ4n) is 4.44. The third-order valence-electron chi connectivity index (χ3n) is 6.23. The van der Waals surface area contributed by atoms with E-state index < -0.39 is 5.41 Å². The van der Waals surface area contributed by atoms with Gasteiger partial charge in [0.1, 0.15) is 17.4 Å². The molecule has 0 unspecified atom stereocenters. The van der Waals surface area contributed by atoms with Gasteiger partial charge in [0, 0.05) is 54.6 Å². The Morgan fingerprint density at radius 2 is 1.94 bits per heavy atom. The van der Waals surface area contributed by atoms with Crippen molar-refractivity contribution in [1.82, 2.24) is 9.97 Å². The summed E-state index contributed by atoms with van der Waals surface area (Å²) in [4.78, 5) is 36.1. The molecule has 1 atom stereocenters. The van der Waals surface area contributed by atoms with Gasteiger partial charge in [0.05, 0.1) is 5.41 Å². The minimum atomic E-state index is -0.791. The van der Waals surface area contributed by atoms with Gasteiger partial charge in [0.15, 0.2) is 5.13 Å². The van der Waals surface area contributed by atoms with E-state index in [1.165, 1.54) is 11.3 Å². The SMILES string of the molecule is CC(C)(C(=O)Nc1nccs1)[C@@H]1c2ccccc2Oc2nc(N3CCC(=O)CC3)ccc21. The lowest BCUT2D eigenvalue weighted by Gasteiger charge is -2.38. The van der Waals surface area contributed by atoms with Gasteiger partial charge >= 0.3 is 0 Å². The Bertz CT molecular complexity index is 1170. The first-order valence-electron chi connectivity index (χ1n) is 10.7. The number of rotatable bonds is 4. The molecule has 4 heterocycles. The zero-order valence-electron chi connectivity index (χ0n) is 18.0. The Balaban J connectivity index is 1.53. The first kappa shape index (κ1) is 20.6. The van der Waals surface area contributed by atoms with Gasteiger partial charge in [-0.05, 0) is 18.2 Å². The zero-order valence-corrected chi connectivity index (χ0v) is 18.8. The second kappa shape index (κ2) is 8.02. The molecule has 164 valence electrons. The van der Waals surface area contributed by atoms with Crippen molar-refractivity contribution in [2.75, 3.05) is 23.3 Å². The largest absolute Gasteiger partial charge is 0.438 e. The van der Waals surface area contributed by atoms with Gasteiger partial charge < -0.3 is 15.0 Å². The first-order chi connectivity index (χ1) is 15.4. The number of thiazole rings is 1. The highest BCUT2D eigenvalue weighted by molar-refractivity contribution is 7.13. The lowest BCUT2D eigenvalue weighted by Crippen LogP contribution is -2.38. The van der Waals surface area contributed by atoms with Gasteiger partial charge in [-0.2, -0.15) is 4.98 Å². The second-order valence-corrected chi connectivity index (χ2v) is 9.57. The van der Waals surface area contributed by atoms with Crippen LogP contribution in [0, 0.1) is 5.41 Å². The molecule has 1 saturated heterocycles. The molecule has 0 saturated carbocycles. The molecule has 2 aliphatic heterocycles. The predicted octanol–water partition coefficient (Wildman–Crippen LogP) is 4.61. The van der Waals surface area contributed by atoms with E-state index in [-0.39, 0.29) is 17.6 Å². The van der Waals surface area contributed by atoms with Crippen molar-refractivity contribution in [3.8, 4) is 11.6 Å². The molecule has 0 aliphatic carbocycles. The van der Waals surface area contributed by atoms with Gasteiger partial charge in [-0.1, -0.05) is 32.0 Å². The Hall–Kier alpha value is -3.26. The summed E-state index contributed by atoms with van der Waals surface area (Å²) >= 11 is 1.39. The number of ether oxygens (including phenoxy) is 1. The number of fused-ring (bicyclic) bond motifs is 2. The molecule has 1 fully saturated rings. The molecule has 7 nitrogen and oxygen atoms in total. The highest BCUT2D eigenvalue weighted by Crippen LogP contribution is 2.52. The van der Waals surface area contributed by atoms with E-state index in [1.54, 1.807) is 6.20 Å². The van der Waals surface area contributed by atoms with Crippen LogP contribution in [0.15, 0.2) is 48.0 Å². The number of nitrogens with one attached hydrogen (secondary N) is 1. The lowest BCUT2D eigenvalue weighted by atomic mass is 9.70. The Kier molecular flexibility index (Phi) is 5.17. The normalized spacial score (nSPS) is 17.9. The van der Waals surface area contributed by atoms with Crippen molar-refractivity contribution in [2.24, 2.45) is 5.41 Å². The molecule has 8 heteroatoms. The molecule has 1 amide bonds. The number of hydrogen-bond acceptors (Lipinski definition) is 7. The number of benzene rings is 1. The number of pyridine rings is 1. The lowest BCUT2D eigenvalue weighted by molar-refractivity contribution is -0.124. The predicted molar refractivity (Wildman–Crippen MR) is 124 cm³/mol. The number of piperidine rings is 1. The number of nitrogens with zero attached hydrogens (tertiary/aromatic N) is 3. The van der Waals surface area contributed by atoms with Crippen LogP contribution in [0.5, 0.6) is 11.6 Å². The number of carbonyl (C=O) groups is 2. The van der Waals surface area contributed by atoms with E-state index >= 15 is 0 Å². The van der Waals surface area contributed by atoms with Crippen LogP contribution in [0.1, 0.15) is 43.7 Å². The average Bonchev–Trinajstić information content (AvgIpc) is 3.30. The van der Waals surface area contributed by atoms with Crippen molar-refractivity contribution >= 4 is 34.0 Å². The van der Waals surface area contributed by atoms with Crippen molar-refractivity contribution in [2.45, 2.75) is 32.6 Å². The molecule has 0 radical (unpaired) electrons. The number of carbonyl (C=O) groups excluding carboxylic acids is 2. The Morgan fingerprint density at radius 3 is 2.69 bits per heavy atom. The number of ketones is 1. The smallest absolute Gasteiger partial charge is 0.232 e. The average molecular weight is 449 g/mol. The summed E-state index contributed by atoms with van der Waals surface area (Å²) in [5.74, 6) is 1.94. The minimum Gasteiger partial charge on any atom is -0.438 e. The number of aromatic nitrogens is 2. The van der Waals surface area contributed by atoms with Crippen LogP contribution in [0.25, 0.3) is 0 Å². The van der Waals surface area contributed by atoms with E-state index in [4.69, 9.17) is 9.72 Å². The van der Waals surface area contributed by atoms with Crippen LogP contribution in [0.3, 0.4) is 0 Å². The first-order valence-corrected chi connectivity index (χ1v) is 11.6. The van der Waals surface area contributed by atoms with Crippen molar-refractivity contribution in [1.29, 1.82) is 0 Å². The molecule has 32 heavy (non-hydrogen) atoms. The molecule has 2 aromatic heterocycles. The number of amides is 1. The molecule has 2 aliphatic rings. The third kappa shape index (κ3) is 3.64. The molecule has 3 aromatic rings. The molecule has 0 bridgehead atoms. The van der Waals surface area contributed by atoms with E-state index in [0.717, 1.165) is 16.9 Å². The number of hydrogen-bond donors (Lipinski definition) is 1. The van der Waals surface area contributed by atoms with E-state index in [2.05, 4.69) is 15.2 Å². The summed E-state index contributed by atoms with van der Waals surface area (Å²) in [6.45, 7) is 5.20. The van der Waals surface area contributed by atoms with Gasteiger partial charge in [-0.3, -0.25) is 9.59 Å². The quantitative estimate of drug-likeness (QED) is 0.627. The molecular formula is C24H24N4O3S. The van der Waals surface area contributed by atoms with Crippen molar-refractivity contribution in [3.63, 3.8) is 0 Å². The fraction of sp³-hybridized carbons (Fsp3) is 0.333. The maximum Gasteiger partial charge on any atom is 0.232 e. The molecule has 1 aromatic carbocycles. The van der Waals surface area contributed by atoms with Gasteiger partial charge in [0.25, 0.3) is 0 Å². The topological polar surface area (TPSA) is 84.4 Å². The monoisotopic (exact) mass is 448 g/mol. The Labute approximate surface area is 190 Å². The maximum atomic E-state index is 13.4. The summed E-state index contributed by atoms with van der Waals surface area (Å²) in [5, 5.41) is 5.37. The van der Waals surface area contributed by atoms with Crippen LogP contribution in [0.2, 0.25) is 0 Å². The second-order valence-electron chi connectivity index (χ2n) is 8.68. The maximum absolute atomic E-state index is 13.4. The summed E-state index contributed by atoms with van der Waals surface area (Å²) in [6, 6.07) is 11.8. The molecule has 0 spiro atoms. The standard InChI is InChI=1S/C24H24N4O3S/c1-24(2,22(30)27-23-25-11-14-32-23)20-16-5-3-4-6-18(16)31-21-17(20)7-8-19(26-21)28-12-9-15(29)10-13-28/h3-8,11,14,20H,9-10,12-13H2,1-2H3,(H,25,27,30)/t20-/m1/s1. The summed E-state index contributed by atoms with van der Waals surface area (Å²) in [7, 11) is 0. The third-order valence-corrected chi connectivity index (χ3v) is 6.92. The van der Waals surface area contributed by atoms with Crippen molar-refractivity contribution < 1.29 is 14.3 Å². The van der Waals surface area contributed by atoms with E-state index in [1.807, 2.05) is 55.6 Å². The van der Waals surface area contributed by atoms with Crippen LogP contribution >= 0.6 is 11.3 Å². The van der Waals surface area contributed by atoms with Gasteiger partial charge in [-0.15, -0.1) is 11.3 Å². The fourth-order valence-corrected chi connectivity index (χ4v) is 4.96. The highest BCUT2D eigenvalue weighted by atomic mass is 32.1. The van der Waals surface area contributed by atoms with Gasteiger partial charge in [-0.25, -0.2) is 4.98 Å². The number of para-hydroxylation sites is 1. The minimum absolute atomic E-state index is 0.112. The molecular weight excluding hydrogens is 424 g/mol. The van der Waals surface area contributed by atoms with Crippen molar-refractivity contribution in [3.05, 3.63) is 59.1 Å². The zero-order chi connectivity index (χ0) is 22.3. The van der Waals surface area contributed by atoms with Crippen LogP contribution in [-0.2, 0) is 9.59 Å². The number of Topliss-reactive ketones (excluding diaryl/α,β-unsaturated/α-hetero) is 1. The van der Waals surface area contributed by atoms with Crippen LogP contribution < -0.4 is 15.0 Å². The van der Waals surface area contributed by atoms with Crippen LogP contribution in [-0.4, -0.2) is 34.7 Å². The molecule has 1 N–H and O–H groups in total. The van der Waals surface area contributed by atoms with Crippen LogP contribution in [0.4, 0.5) is 10.9 Å². The summed E-state index contributed by atoms with van der Waals surface area (Å²) in [6.07, 6.45) is 2.75. The Morgan fingerprint density at radius 1 is 1.16 bits per heavy atom.